The highest BCUT2D eigenvalue weighted by Crippen LogP contribution is 2.28. The molecule has 1 aromatic carbocycles. The van der Waals surface area contributed by atoms with Gasteiger partial charge in [-0.25, -0.2) is 0 Å². The van der Waals surface area contributed by atoms with E-state index in [1.165, 1.54) is 24.8 Å². The van der Waals surface area contributed by atoms with Gasteiger partial charge in [-0.1, -0.05) is 6.07 Å². The van der Waals surface area contributed by atoms with Crippen LogP contribution in [0.5, 0.6) is 11.5 Å². The molecule has 26 heavy (non-hydrogen) atoms. The lowest BCUT2D eigenvalue weighted by Crippen LogP contribution is -2.42. The molecule has 5 nitrogen and oxygen atoms in total. The number of hydrogen-bond donors (Lipinski definition) is 2. The Balaban J connectivity index is 1.82. The average Bonchev–Trinajstić information content (AvgIpc) is 3.12. The SMILES string of the molecule is CCNC(=NCCCc1ccc(OC)c(OC)c1)NC1CCC(SC)C1. The maximum atomic E-state index is 5.37. The van der Waals surface area contributed by atoms with E-state index < -0.39 is 0 Å². The van der Waals surface area contributed by atoms with Gasteiger partial charge < -0.3 is 20.1 Å². The molecule has 6 heteroatoms. The van der Waals surface area contributed by atoms with Crippen LogP contribution >= 0.6 is 11.8 Å². The Morgan fingerprint density at radius 2 is 2.04 bits per heavy atom. The van der Waals surface area contributed by atoms with Crippen molar-refractivity contribution in [2.24, 2.45) is 4.99 Å². The number of aryl methyl sites for hydroxylation is 1. The molecule has 1 aliphatic rings. The van der Waals surface area contributed by atoms with E-state index in [0.717, 1.165) is 48.6 Å². The van der Waals surface area contributed by atoms with Gasteiger partial charge in [0.05, 0.1) is 14.2 Å². The summed E-state index contributed by atoms with van der Waals surface area (Å²) in [4.78, 5) is 4.75. The van der Waals surface area contributed by atoms with E-state index in [0.29, 0.717) is 6.04 Å². The molecule has 0 amide bonds. The topological polar surface area (TPSA) is 54.9 Å². The highest BCUT2D eigenvalue weighted by atomic mass is 32.2. The van der Waals surface area contributed by atoms with Crippen LogP contribution in [0.15, 0.2) is 23.2 Å². The van der Waals surface area contributed by atoms with Gasteiger partial charge in [-0.15, -0.1) is 0 Å². The second-order valence-corrected chi connectivity index (χ2v) is 7.70. The quantitative estimate of drug-likeness (QED) is 0.391. The first kappa shape index (κ1) is 20.7. The number of guanidine groups is 1. The Labute approximate surface area is 162 Å². The van der Waals surface area contributed by atoms with Crippen LogP contribution in [-0.4, -0.2) is 50.8 Å². The number of methoxy groups -OCH3 is 2. The number of benzene rings is 1. The van der Waals surface area contributed by atoms with Crippen LogP contribution in [0.25, 0.3) is 0 Å². The Morgan fingerprint density at radius 3 is 2.69 bits per heavy atom. The zero-order valence-corrected chi connectivity index (χ0v) is 17.3. The first-order valence-corrected chi connectivity index (χ1v) is 10.8. The number of nitrogens with zero attached hydrogens (tertiary/aromatic N) is 1. The largest absolute Gasteiger partial charge is 0.493 e. The molecular weight excluding hydrogens is 346 g/mol. The van der Waals surface area contributed by atoms with E-state index in [4.69, 9.17) is 14.5 Å². The molecule has 0 radical (unpaired) electrons. The highest BCUT2D eigenvalue weighted by Gasteiger charge is 2.24. The molecule has 0 saturated heterocycles. The van der Waals surface area contributed by atoms with Crippen molar-refractivity contribution in [3.05, 3.63) is 23.8 Å². The Hall–Kier alpha value is -1.56. The fourth-order valence-electron chi connectivity index (χ4n) is 3.31. The minimum atomic E-state index is 0.552. The molecule has 2 N–H and O–H groups in total. The van der Waals surface area contributed by atoms with Gasteiger partial charge in [-0.2, -0.15) is 11.8 Å². The summed E-state index contributed by atoms with van der Waals surface area (Å²) < 4.78 is 10.7. The highest BCUT2D eigenvalue weighted by molar-refractivity contribution is 7.99. The molecule has 1 aliphatic carbocycles. The van der Waals surface area contributed by atoms with Crippen LogP contribution in [0.2, 0.25) is 0 Å². The molecule has 1 fully saturated rings. The monoisotopic (exact) mass is 379 g/mol. The maximum Gasteiger partial charge on any atom is 0.191 e. The van der Waals surface area contributed by atoms with Crippen LogP contribution in [0.4, 0.5) is 0 Å². The van der Waals surface area contributed by atoms with Crippen molar-refractivity contribution in [2.45, 2.75) is 50.3 Å². The number of hydrogen-bond acceptors (Lipinski definition) is 4. The average molecular weight is 380 g/mol. The van der Waals surface area contributed by atoms with Gasteiger partial charge >= 0.3 is 0 Å². The molecule has 1 saturated carbocycles. The van der Waals surface area contributed by atoms with E-state index in [-0.39, 0.29) is 0 Å². The van der Waals surface area contributed by atoms with E-state index in [2.05, 4.69) is 29.9 Å². The summed E-state index contributed by atoms with van der Waals surface area (Å²) in [5, 5.41) is 7.76. The molecule has 0 heterocycles. The fraction of sp³-hybridized carbons (Fsp3) is 0.650. The molecule has 2 unspecified atom stereocenters. The van der Waals surface area contributed by atoms with Crippen LogP contribution in [0.3, 0.4) is 0 Å². The van der Waals surface area contributed by atoms with Crippen molar-refractivity contribution >= 4 is 17.7 Å². The van der Waals surface area contributed by atoms with Crippen LogP contribution in [0.1, 0.15) is 38.2 Å². The zero-order valence-electron chi connectivity index (χ0n) is 16.5. The van der Waals surface area contributed by atoms with E-state index in [9.17, 15) is 0 Å². The first-order valence-electron chi connectivity index (χ1n) is 9.48. The second kappa shape index (κ2) is 11.2. The van der Waals surface area contributed by atoms with Crippen LogP contribution < -0.4 is 20.1 Å². The summed E-state index contributed by atoms with van der Waals surface area (Å²) in [6.45, 7) is 3.81. The molecule has 0 spiro atoms. The summed E-state index contributed by atoms with van der Waals surface area (Å²) in [6.07, 6.45) is 7.96. The number of nitrogens with one attached hydrogen (secondary N) is 2. The third kappa shape index (κ3) is 6.31. The second-order valence-electron chi connectivity index (χ2n) is 6.57. The van der Waals surface area contributed by atoms with Gasteiger partial charge in [0.15, 0.2) is 17.5 Å². The van der Waals surface area contributed by atoms with Crippen molar-refractivity contribution in [1.29, 1.82) is 0 Å². The first-order chi connectivity index (χ1) is 12.7. The molecule has 0 aliphatic heterocycles. The third-order valence-electron chi connectivity index (χ3n) is 4.74. The van der Waals surface area contributed by atoms with Gasteiger partial charge in [0.1, 0.15) is 0 Å². The third-order valence-corrected chi connectivity index (χ3v) is 5.84. The zero-order chi connectivity index (χ0) is 18.8. The van der Waals surface area contributed by atoms with Gasteiger partial charge in [-0.05, 0) is 63.0 Å². The van der Waals surface area contributed by atoms with Gasteiger partial charge in [0.25, 0.3) is 0 Å². The lowest BCUT2D eigenvalue weighted by Gasteiger charge is -2.17. The molecule has 0 bridgehead atoms. The predicted octanol–water partition coefficient (Wildman–Crippen LogP) is 3.48. The van der Waals surface area contributed by atoms with E-state index in [1.54, 1.807) is 14.2 Å². The minimum Gasteiger partial charge on any atom is -0.493 e. The van der Waals surface area contributed by atoms with Crippen molar-refractivity contribution in [2.75, 3.05) is 33.6 Å². The molecule has 0 aromatic heterocycles. The van der Waals surface area contributed by atoms with Crippen molar-refractivity contribution in [3.8, 4) is 11.5 Å². The van der Waals surface area contributed by atoms with E-state index in [1.807, 2.05) is 23.9 Å². The van der Waals surface area contributed by atoms with Crippen molar-refractivity contribution in [1.82, 2.24) is 10.6 Å². The number of aliphatic imine (C=N–C) groups is 1. The molecule has 1 aromatic rings. The smallest absolute Gasteiger partial charge is 0.191 e. The number of thioether (sulfide) groups is 1. The number of rotatable bonds is 9. The molecular formula is C20H33N3O2S. The lowest BCUT2D eigenvalue weighted by molar-refractivity contribution is 0.354. The summed E-state index contributed by atoms with van der Waals surface area (Å²) >= 11 is 1.98. The van der Waals surface area contributed by atoms with Gasteiger partial charge in [0, 0.05) is 24.4 Å². The maximum absolute atomic E-state index is 5.37. The van der Waals surface area contributed by atoms with Crippen LogP contribution in [0, 0.1) is 0 Å². The Kier molecular flexibility index (Phi) is 8.95. The molecule has 2 rings (SSSR count). The normalized spacial score (nSPS) is 20.1. The van der Waals surface area contributed by atoms with Crippen LogP contribution in [-0.2, 0) is 6.42 Å². The molecule has 146 valence electrons. The standard InChI is InChI=1S/C20H33N3O2S/c1-5-21-20(23-16-9-10-17(14-16)26-4)22-12-6-7-15-8-11-18(24-2)19(13-15)25-3/h8,11,13,16-17H,5-7,9-10,12,14H2,1-4H3,(H2,21,22,23). The fourth-order valence-corrected chi connectivity index (χ4v) is 4.11. The molecule has 2 atom stereocenters. The van der Waals surface area contributed by atoms with Crippen molar-refractivity contribution in [3.63, 3.8) is 0 Å². The lowest BCUT2D eigenvalue weighted by atomic mass is 10.1. The minimum absolute atomic E-state index is 0.552. The summed E-state index contributed by atoms with van der Waals surface area (Å²) in [6, 6.07) is 6.66. The van der Waals surface area contributed by atoms with Gasteiger partial charge in [-0.3, -0.25) is 4.99 Å². The van der Waals surface area contributed by atoms with Gasteiger partial charge in [0.2, 0.25) is 0 Å². The summed E-state index contributed by atoms with van der Waals surface area (Å²) in [5.74, 6) is 2.51. The van der Waals surface area contributed by atoms with E-state index >= 15 is 0 Å². The predicted molar refractivity (Wildman–Crippen MR) is 112 cm³/mol. The Morgan fingerprint density at radius 1 is 1.23 bits per heavy atom. The van der Waals surface area contributed by atoms with Crippen molar-refractivity contribution < 1.29 is 9.47 Å². The number of ether oxygens (including phenoxy) is 2. The Bertz CT molecular complexity index is 580. The summed E-state index contributed by atoms with van der Waals surface area (Å²) in [5.41, 5.74) is 1.24. The summed E-state index contributed by atoms with van der Waals surface area (Å²) in [7, 11) is 3.33.